The number of hydrogen-bond acceptors (Lipinski definition) is 5. The molecule has 0 spiro atoms. The third-order valence-electron chi connectivity index (χ3n) is 1.49. The molecule has 0 N–H and O–H groups in total. The molecule has 0 amide bonds. The summed E-state index contributed by atoms with van der Waals surface area (Å²) in [4.78, 5) is 21.4. The summed E-state index contributed by atoms with van der Waals surface area (Å²) < 4.78 is 14.8. The number of esters is 1. The molecule has 0 fully saturated rings. The maximum atomic E-state index is 11.0. The SMILES string of the molecule is C=CCOC(=O)CCOCCOCC(C)=O. The summed E-state index contributed by atoms with van der Waals surface area (Å²) in [5.74, 6) is -0.336. The Labute approximate surface area is 95.4 Å². The molecule has 0 bridgehead atoms. The van der Waals surface area contributed by atoms with Crippen molar-refractivity contribution < 1.29 is 23.8 Å². The molecule has 0 aromatic carbocycles. The zero-order chi connectivity index (χ0) is 12.2. The van der Waals surface area contributed by atoms with Gasteiger partial charge in [-0.3, -0.25) is 9.59 Å². The van der Waals surface area contributed by atoms with E-state index in [4.69, 9.17) is 14.2 Å². The van der Waals surface area contributed by atoms with Crippen LogP contribution in [0.15, 0.2) is 12.7 Å². The van der Waals surface area contributed by atoms with E-state index in [0.717, 1.165) is 0 Å². The van der Waals surface area contributed by atoms with Gasteiger partial charge in [0.2, 0.25) is 0 Å². The van der Waals surface area contributed by atoms with Crippen molar-refractivity contribution in [2.24, 2.45) is 0 Å². The predicted octanol–water partition coefficient (Wildman–Crippen LogP) is 0.728. The molecule has 0 aromatic heterocycles. The monoisotopic (exact) mass is 230 g/mol. The Morgan fingerprint density at radius 1 is 1.19 bits per heavy atom. The maximum Gasteiger partial charge on any atom is 0.308 e. The lowest BCUT2D eigenvalue weighted by atomic mass is 10.4. The second-order valence-electron chi connectivity index (χ2n) is 3.09. The molecule has 0 rings (SSSR count). The van der Waals surface area contributed by atoms with E-state index in [-0.39, 0.29) is 31.4 Å². The highest BCUT2D eigenvalue weighted by atomic mass is 16.5. The smallest absolute Gasteiger partial charge is 0.308 e. The van der Waals surface area contributed by atoms with Crippen LogP contribution >= 0.6 is 0 Å². The molecule has 0 atom stereocenters. The van der Waals surface area contributed by atoms with Gasteiger partial charge in [-0.2, -0.15) is 0 Å². The maximum absolute atomic E-state index is 11.0. The van der Waals surface area contributed by atoms with Crippen molar-refractivity contribution in [3.63, 3.8) is 0 Å². The van der Waals surface area contributed by atoms with Crippen LogP contribution in [0.1, 0.15) is 13.3 Å². The second kappa shape index (κ2) is 10.3. The Hall–Kier alpha value is -1.20. The minimum absolute atomic E-state index is 0.0204. The third-order valence-corrected chi connectivity index (χ3v) is 1.49. The van der Waals surface area contributed by atoms with E-state index in [1.807, 2.05) is 0 Å². The van der Waals surface area contributed by atoms with Crippen LogP contribution < -0.4 is 0 Å². The normalized spacial score (nSPS) is 9.81. The summed E-state index contributed by atoms with van der Waals surface area (Å²) in [5, 5.41) is 0. The third kappa shape index (κ3) is 10.9. The minimum atomic E-state index is -0.315. The second-order valence-corrected chi connectivity index (χ2v) is 3.09. The van der Waals surface area contributed by atoms with Crippen LogP contribution in [0.3, 0.4) is 0 Å². The molecule has 0 aliphatic carbocycles. The van der Waals surface area contributed by atoms with Crippen LogP contribution in [-0.2, 0) is 23.8 Å². The summed E-state index contributed by atoms with van der Waals surface area (Å²) in [5.41, 5.74) is 0. The molecule has 92 valence electrons. The van der Waals surface area contributed by atoms with Gasteiger partial charge in [-0.15, -0.1) is 0 Å². The number of carbonyl (C=O) groups is 2. The summed E-state index contributed by atoms with van der Waals surface area (Å²) >= 11 is 0. The highest BCUT2D eigenvalue weighted by molar-refractivity contribution is 5.76. The van der Waals surface area contributed by atoms with Crippen molar-refractivity contribution in [3.05, 3.63) is 12.7 Å². The van der Waals surface area contributed by atoms with Crippen LogP contribution in [0.5, 0.6) is 0 Å². The van der Waals surface area contributed by atoms with Crippen molar-refractivity contribution in [1.82, 2.24) is 0 Å². The predicted molar refractivity (Wildman–Crippen MR) is 58.1 cm³/mol. The van der Waals surface area contributed by atoms with E-state index in [1.54, 1.807) is 0 Å². The number of Topliss-reactive ketones (excluding diaryl/α,β-unsaturated/α-hetero) is 1. The lowest BCUT2D eigenvalue weighted by molar-refractivity contribution is -0.143. The largest absolute Gasteiger partial charge is 0.461 e. The van der Waals surface area contributed by atoms with Gasteiger partial charge in [0, 0.05) is 0 Å². The van der Waals surface area contributed by atoms with Crippen molar-refractivity contribution in [3.8, 4) is 0 Å². The lowest BCUT2D eigenvalue weighted by Gasteiger charge is -2.04. The molecular weight excluding hydrogens is 212 g/mol. The molecule has 0 aliphatic rings. The van der Waals surface area contributed by atoms with E-state index in [0.29, 0.717) is 19.8 Å². The number of ether oxygens (including phenoxy) is 3. The van der Waals surface area contributed by atoms with Crippen LogP contribution in [-0.4, -0.2) is 44.8 Å². The van der Waals surface area contributed by atoms with Gasteiger partial charge < -0.3 is 14.2 Å². The van der Waals surface area contributed by atoms with Crippen LogP contribution in [0, 0.1) is 0 Å². The molecule has 0 aliphatic heterocycles. The number of rotatable bonds is 10. The average molecular weight is 230 g/mol. The van der Waals surface area contributed by atoms with E-state index in [9.17, 15) is 9.59 Å². The van der Waals surface area contributed by atoms with Gasteiger partial charge in [0.05, 0.1) is 26.2 Å². The Morgan fingerprint density at radius 3 is 2.50 bits per heavy atom. The van der Waals surface area contributed by atoms with Crippen LogP contribution in [0.25, 0.3) is 0 Å². The fourth-order valence-corrected chi connectivity index (χ4v) is 0.815. The van der Waals surface area contributed by atoms with Crippen molar-refractivity contribution >= 4 is 11.8 Å². The van der Waals surface area contributed by atoms with Crippen molar-refractivity contribution in [2.75, 3.05) is 33.0 Å². The molecule has 16 heavy (non-hydrogen) atoms. The Bertz CT molecular complexity index is 224. The van der Waals surface area contributed by atoms with Gasteiger partial charge in [-0.05, 0) is 6.92 Å². The highest BCUT2D eigenvalue weighted by Crippen LogP contribution is 1.89. The number of ketones is 1. The first-order valence-corrected chi connectivity index (χ1v) is 5.08. The topological polar surface area (TPSA) is 61.8 Å². The Kier molecular flexibility index (Phi) is 9.55. The highest BCUT2D eigenvalue weighted by Gasteiger charge is 2.01. The van der Waals surface area contributed by atoms with Gasteiger partial charge in [0.15, 0.2) is 5.78 Å². The van der Waals surface area contributed by atoms with Gasteiger partial charge >= 0.3 is 5.97 Å². The number of carbonyl (C=O) groups excluding carboxylic acids is 2. The van der Waals surface area contributed by atoms with Gasteiger partial charge in [-0.1, -0.05) is 12.7 Å². The molecule has 0 aromatic rings. The summed E-state index contributed by atoms with van der Waals surface area (Å²) in [6.45, 7) is 6.21. The summed E-state index contributed by atoms with van der Waals surface area (Å²) in [7, 11) is 0. The van der Waals surface area contributed by atoms with E-state index in [2.05, 4.69) is 6.58 Å². The van der Waals surface area contributed by atoms with Crippen molar-refractivity contribution in [2.45, 2.75) is 13.3 Å². The van der Waals surface area contributed by atoms with E-state index < -0.39 is 0 Å². The quantitative estimate of drug-likeness (QED) is 0.314. The fraction of sp³-hybridized carbons (Fsp3) is 0.636. The van der Waals surface area contributed by atoms with E-state index in [1.165, 1.54) is 13.0 Å². The first-order chi connectivity index (χ1) is 7.66. The zero-order valence-electron chi connectivity index (χ0n) is 9.57. The zero-order valence-corrected chi connectivity index (χ0v) is 9.57. The Morgan fingerprint density at radius 2 is 1.88 bits per heavy atom. The first-order valence-electron chi connectivity index (χ1n) is 5.08. The molecule has 0 saturated carbocycles. The molecule has 0 radical (unpaired) electrons. The summed E-state index contributed by atoms with van der Waals surface area (Å²) in [6, 6.07) is 0. The standard InChI is InChI=1S/C11H18O5/c1-3-5-16-11(13)4-6-14-7-8-15-9-10(2)12/h3H,1,4-9H2,2H3. The molecular formula is C11H18O5. The first kappa shape index (κ1) is 14.8. The fourth-order valence-electron chi connectivity index (χ4n) is 0.815. The van der Waals surface area contributed by atoms with Crippen molar-refractivity contribution in [1.29, 1.82) is 0 Å². The van der Waals surface area contributed by atoms with Gasteiger partial charge in [-0.25, -0.2) is 0 Å². The summed E-state index contributed by atoms with van der Waals surface area (Å²) in [6.07, 6.45) is 1.72. The van der Waals surface area contributed by atoms with E-state index >= 15 is 0 Å². The molecule has 0 unspecified atom stereocenters. The van der Waals surface area contributed by atoms with Crippen LogP contribution in [0.4, 0.5) is 0 Å². The number of hydrogen-bond donors (Lipinski definition) is 0. The van der Waals surface area contributed by atoms with Gasteiger partial charge in [0.1, 0.15) is 13.2 Å². The molecule has 0 saturated heterocycles. The van der Waals surface area contributed by atoms with Crippen LogP contribution in [0.2, 0.25) is 0 Å². The Balaban J connectivity index is 3.17. The minimum Gasteiger partial charge on any atom is -0.461 e. The molecule has 5 nitrogen and oxygen atoms in total. The molecule has 5 heteroatoms. The average Bonchev–Trinajstić information content (AvgIpc) is 2.24. The molecule has 0 heterocycles. The van der Waals surface area contributed by atoms with Gasteiger partial charge in [0.25, 0.3) is 0 Å². The lowest BCUT2D eigenvalue weighted by Crippen LogP contribution is -2.12.